The molecule has 1 aromatic rings. The maximum absolute atomic E-state index is 11.1. The van der Waals surface area contributed by atoms with E-state index in [4.69, 9.17) is 0 Å². The Bertz CT molecular complexity index is 310. The fourth-order valence-electron chi connectivity index (χ4n) is 1.13. The molecule has 4 nitrogen and oxygen atoms in total. The molecule has 11 heavy (non-hydrogen) atoms. The van der Waals surface area contributed by atoms with Crippen molar-refractivity contribution in [2.24, 2.45) is 0 Å². The quantitative estimate of drug-likeness (QED) is 0.585. The van der Waals surface area contributed by atoms with E-state index in [0.29, 0.717) is 5.82 Å². The predicted octanol–water partition coefficient (Wildman–Crippen LogP) is 0.532. The molecule has 1 aliphatic heterocycles. The summed E-state index contributed by atoms with van der Waals surface area (Å²) in [5, 5.41) is 2.66. The molecule has 1 N–H and O–H groups in total. The number of rotatable bonds is 0. The molecule has 0 aliphatic carbocycles. The number of nitrogens with zero attached hydrogens (tertiary/aromatic N) is 2. The number of hydrogen-bond acceptors (Lipinski definition) is 3. The Morgan fingerprint density at radius 2 is 2.45 bits per heavy atom. The second-order valence-electron chi connectivity index (χ2n) is 2.54. The Labute approximate surface area is 63.7 Å². The van der Waals surface area contributed by atoms with E-state index in [-0.39, 0.29) is 11.8 Å². The predicted molar refractivity (Wildman–Crippen MR) is 39.1 cm³/mol. The van der Waals surface area contributed by atoms with Gasteiger partial charge < -0.3 is 5.32 Å². The van der Waals surface area contributed by atoms with Crippen molar-refractivity contribution in [2.75, 3.05) is 5.32 Å². The highest BCUT2D eigenvalue weighted by Gasteiger charge is 2.27. The molecule has 0 aromatic carbocycles. The molecule has 0 spiro atoms. The lowest BCUT2D eigenvalue weighted by molar-refractivity contribution is -0.116. The Hall–Kier alpha value is -1.45. The number of carbonyl (C=O) groups excluding carboxylic acids is 1. The van der Waals surface area contributed by atoms with Crippen LogP contribution in [0, 0.1) is 0 Å². The number of aromatic nitrogens is 2. The van der Waals surface area contributed by atoms with Gasteiger partial charge in [0.05, 0.1) is 5.92 Å². The number of amides is 1. The van der Waals surface area contributed by atoms with Crippen molar-refractivity contribution in [2.45, 2.75) is 12.8 Å². The van der Waals surface area contributed by atoms with Crippen molar-refractivity contribution < 1.29 is 4.79 Å². The van der Waals surface area contributed by atoms with Crippen molar-refractivity contribution in [3.63, 3.8) is 0 Å². The van der Waals surface area contributed by atoms with Crippen LogP contribution < -0.4 is 5.32 Å². The van der Waals surface area contributed by atoms with Gasteiger partial charge in [-0.3, -0.25) is 4.79 Å². The number of anilines is 1. The summed E-state index contributed by atoms with van der Waals surface area (Å²) >= 11 is 0. The van der Waals surface area contributed by atoms with Crippen LogP contribution in [0.1, 0.15) is 18.4 Å². The van der Waals surface area contributed by atoms with E-state index in [2.05, 4.69) is 15.3 Å². The third-order valence-corrected chi connectivity index (χ3v) is 1.84. The second-order valence-corrected chi connectivity index (χ2v) is 2.54. The van der Waals surface area contributed by atoms with Crippen LogP contribution in [0.3, 0.4) is 0 Å². The lowest BCUT2D eigenvalue weighted by Crippen LogP contribution is -2.08. The molecule has 1 unspecified atom stereocenters. The minimum Gasteiger partial charge on any atom is -0.310 e. The Morgan fingerprint density at radius 3 is 3.18 bits per heavy atom. The molecule has 1 atom stereocenters. The molecule has 0 fully saturated rings. The summed E-state index contributed by atoms with van der Waals surface area (Å²) in [7, 11) is 0. The zero-order valence-corrected chi connectivity index (χ0v) is 6.03. The van der Waals surface area contributed by atoms with Gasteiger partial charge in [0, 0.05) is 11.8 Å². The van der Waals surface area contributed by atoms with Crippen molar-refractivity contribution in [1.29, 1.82) is 0 Å². The maximum atomic E-state index is 11.1. The highest BCUT2D eigenvalue weighted by molar-refractivity contribution is 6.01. The largest absolute Gasteiger partial charge is 0.310 e. The molecule has 2 rings (SSSR count). The first-order valence-corrected chi connectivity index (χ1v) is 3.40. The topological polar surface area (TPSA) is 54.9 Å². The second kappa shape index (κ2) is 2.02. The normalized spacial score (nSPS) is 21.2. The summed E-state index contributed by atoms with van der Waals surface area (Å²) in [4.78, 5) is 18.8. The van der Waals surface area contributed by atoms with Crippen molar-refractivity contribution in [1.82, 2.24) is 9.97 Å². The number of fused-ring (bicyclic) bond motifs is 1. The molecule has 0 bridgehead atoms. The summed E-state index contributed by atoms with van der Waals surface area (Å²) in [6.45, 7) is 1.84. The molecule has 0 radical (unpaired) electrons. The molecule has 0 saturated heterocycles. The van der Waals surface area contributed by atoms with Crippen LogP contribution in [-0.2, 0) is 4.79 Å². The molecular formula is C7H7N3O. The van der Waals surface area contributed by atoms with E-state index in [1.165, 1.54) is 6.33 Å². The molecule has 4 heteroatoms. The fraction of sp³-hybridized carbons (Fsp3) is 0.286. The minimum absolute atomic E-state index is 0.000463. The number of hydrogen-bond donors (Lipinski definition) is 1. The first-order valence-electron chi connectivity index (χ1n) is 3.40. The number of carbonyl (C=O) groups is 1. The zero-order chi connectivity index (χ0) is 7.84. The third-order valence-electron chi connectivity index (χ3n) is 1.84. The van der Waals surface area contributed by atoms with Crippen LogP contribution in [0.2, 0.25) is 0 Å². The average molecular weight is 149 g/mol. The monoisotopic (exact) mass is 149 g/mol. The zero-order valence-electron chi connectivity index (χ0n) is 6.03. The van der Waals surface area contributed by atoms with Gasteiger partial charge in [0.25, 0.3) is 0 Å². The van der Waals surface area contributed by atoms with Gasteiger partial charge in [0.1, 0.15) is 12.1 Å². The summed E-state index contributed by atoms with van der Waals surface area (Å²) in [6.07, 6.45) is 3.10. The van der Waals surface area contributed by atoms with Crippen LogP contribution in [0.15, 0.2) is 12.5 Å². The van der Waals surface area contributed by atoms with Crippen LogP contribution in [-0.4, -0.2) is 15.9 Å². The first kappa shape index (κ1) is 6.27. The van der Waals surface area contributed by atoms with Crippen LogP contribution in [0.5, 0.6) is 0 Å². The van der Waals surface area contributed by atoms with Gasteiger partial charge in [-0.15, -0.1) is 0 Å². The van der Waals surface area contributed by atoms with E-state index < -0.39 is 0 Å². The van der Waals surface area contributed by atoms with Gasteiger partial charge in [-0.05, 0) is 6.92 Å². The van der Waals surface area contributed by atoms with Crippen LogP contribution in [0.25, 0.3) is 0 Å². The van der Waals surface area contributed by atoms with E-state index in [9.17, 15) is 4.79 Å². The highest BCUT2D eigenvalue weighted by Crippen LogP contribution is 2.28. The van der Waals surface area contributed by atoms with Gasteiger partial charge in [-0.1, -0.05) is 0 Å². The molecule has 1 aromatic heterocycles. The lowest BCUT2D eigenvalue weighted by atomic mass is 10.1. The minimum atomic E-state index is -0.105. The standard InChI is InChI=1S/C7H7N3O/c1-4-5-2-8-3-9-6(5)10-7(4)11/h2-4H,1H3,(H,8,9,10,11). The summed E-state index contributed by atoms with van der Waals surface area (Å²) < 4.78 is 0. The molecule has 1 amide bonds. The molecule has 0 saturated carbocycles. The third kappa shape index (κ3) is 0.790. The molecular weight excluding hydrogens is 142 g/mol. The van der Waals surface area contributed by atoms with Crippen molar-refractivity contribution in [3.05, 3.63) is 18.1 Å². The molecule has 2 heterocycles. The van der Waals surface area contributed by atoms with Crippen molar-refractivity contribution in [3.8, 4) is 0 Å². The summed E-state index contributed by atoms with van der Waals surface area (Å²) in [5.41, 5.74) is 0.887. The smallest absolute Gasteiger partial charge is 0.232 e. The maximum Gasteiger partial charge on any atom is 0.232 e. The Kier molecular flexibility index (Phi) is 1.15. The van der Waals surface area contributed by atoms with E-state index in [1.807, 2.05) is 6.92 Å². The average Bonchev–Trinajstić information content (AvgIpc) is 2.30. The van der Waals surface area contributed by atoms with Gasteiger partial charge >= 0.3 is 0 Å². The van der Waals surface area contributed by atoms with E-state index in [1.54, 1.807) is 6.20 Å². The van der Waals surface area contributed by atoms with Gasteiger partial charge in [-0.2, -0.15) is 0 Å². The highest BCUT2D eigenvalue weighted by atomic mass is 16.2. The summed E-state index contributed by atoms with van der Waals surface area (Å²) in [6, 6.07) is 0. The fourth-order valence-corrected chi connectivity index (χ4v) is 1.13. The molecule has 56 valence electrons. The summed E-state index contributed by atoms with van der Waals surface area (Å²) in [5.74, 6) is 0.546. The first-order chi connectivity index (χ1) is 5.29. The SMILES string of the molecule is CC1C(=O)Nc2ncncc21. The van der Waals surface area contributed by atoms with E-state index in [0.717, 1.165) is 5.56 Å². The van der Waals surface area contributed by atoms with Gasteiger partial charge in [-0.25, -0.2) is 9.97 Å². The Morgan fingerprint density at radius 1 is 1.64 bits per heavy atom. The van der Waals surface area contributed by atoms with Gasteiger partial charge in [0.2, 0.25) is 5.91 Å². The Balaban J connectivity index is 2.55. The van der Waals surface area contributed by atoms with Crippen LogP contribution >= 0.6 is 0 Å². The number of nitrogens with one attached hydrogen (secondary N) is 1. The van der Waals surface area contributed by atoms with Gasteiger partial charge in [0.15, 0.2) is 0 Å². The lowest BCUT2D eigenvalue weighted by Gasteiger charge is -1.95. The van der Waals surface area contributed by atoms with Crippen LogP contribution in [0.4, 0.5) is 5.82 Å². The van der Waals surface area contributed by atoms with E-state index >= 15 is 0 Å². The molecule has 1 aliphatic rings. The van der Waals surface area contributed by atoms with Crippen molar-refractivity contribution >= 4 is 11.7 Å².